The number of furan rings is 1. The molecule has 0 aliphatic heterocycles. The topological polar surface area (TPSA) is 29.3 Å². The molecule has 0 amide bonds. The minimum absolute atomic E-state index is 0.787. The number of benzene rings is 6. The van der Waals surface area contributed by atoms with Crippen LogP contribution in [0.15, 0.2) is 150 Å². The van der Waals surface area contributed by atoms with Crippen molar-refractivity contribution in [3.05, 3.63) is 146 Å². The minimum atomic E-state index is 0.787. The molecule has 0 spiro atoms. The number of anilines is 3. The van der Waals surface area contributed by atoms with Crippen LogP contribution in [-0.4, -0.2) is 4.98 Å². The van der Waals surface area contributed by atoms with Gasteiger partial charge >= 0.3 is 0 Å². The van der Waals surface area contributed by atoms with Gasteiger partial charge in [-0.25, -0.2) is 4.98 Å². The standard InChI is InChI=1S/C37H24N2O/c1-2-11-30(12-3-1)39(31-19-16-26(17-20-31)29-15-14-25-8-4-5-10-28(25)24-29)35-23-22-34-37(38-35)36-32-13-7-6-9-27(32)18-21-33(36)40-34/h1-24H. The third-order valence-corrected chi connectivity index (χ3v) is 7.64. The van der Waals surface area contributed by atoms with Crippen LogP contribution < -0.4 is 4.90 Å². The molecule has 0 aliphatic carbocycles. The highest BCUT2D eigenvalue weighted by molar-refractivity contribution is 6.17. The van der Waals surface area contributed by atoms with Crippen LogP contribution in [0.5, 0.6) is 0 Å². The Balaban J connectivity index is 1.27. The Morgan fingerprint density at radius 1 is 0.475 bits per heavy atom. The van der Waals surface area contributed by atoms with Gasteiger partial charge in [0.1, 0.15) is 16.9 Å². The highest BCUT2D eigenvalue weighted by Crippen LogP contribution is 2.39. The second-order valence-electron chi connectivity index (χ2n) is 10.1. The molecule has 40 heavy (non-hydrogen) atoms. The summed E-state index contributed by atoms with van der Waals surface area (Å²) >= 11 is 0. The van der Waals surface area contributed by atoms with Crippen molar-refractivity contribution < 1.29 is 4.42 Å². The molecule has 6 aromatic carbocycles. The summed E-state index contributed by atoms with van der Waals surface area (Å²) in [7, 11) is 0. The largest absolute Gasteiger partial charge is 0.454 e. The van der Waals surface area contributed by atoms with Gasteiger partial charge in [0.15, 0.2) is 5.58 Å². The summed E-state index contributed by atoms with van der Waals surface area (Å²) in [5.74, 6) is 0.841. The van der Waals surface area contributed by atoms with Gasteiger partial charge < -0.3 is 4.42 Å². The first kappa shape index (κ1) is 22.6. The van der Waals surface area contributed by atoms with Crippen molar-refractivity contribution in [2.24, 2.45) is 0 Å². The molecule has 0 bridgehead atoms. The van der Waals surface area contributed by atoms with Crippen LogP contribution in [0.25, 0.3) is 54.7 Å². The molecule has 8 rings (SSSR count). The van der Waals surface area contributed by atoms with E-state index in [1.54, 1.807) is 0 Å². The van der Waals surface area contributed by atoms with Crippen LogP contribution in [0.2, 0.25) is 0 Å². The zero-order valence-electron chi connectivity index (χ0n) is 21.7. The monoisotopic (exact) mass is 512 g/mol. The maximum Gasteiger partial charge on any atom is 0.154 e. The Morgan fingerprint density at radius 2 is 1.12 bits per heavy atom. The van der Waals surface area contributed by atoms with Gasteiger partial charge in [-0.3, -0.25) is 4.90 Å². The van der Waals surface area contributed by atoms with Gasteiger partial charge in [-0.05, 0) is 81.2 Å². The van der Waals surface area contributed by atoms with Gasteiger partial charge in [0.25, 0.3) is 0 Å². The van der Waals surface area contributed by atoms with Crippen LogP contribution >= 0.6 is 0 Å². The molecule has 2 heterocycles. The predicted molar refractivity (Wildman–Crippen MR) is 167 cm³/mol. The molecule has 0 N–H and O–H groups in total. The summed E-state index contributed by atoms with van der Waals surface area (Å²) < 4.78 is 6.22. The van der Waals surface area contributed by atoms with E-state index in [-0.39, 0.29) is 0 Å². The van der Waals surface area contributed by atoms with Gasteiger partial charge in [-0.15, -0.1) is 0 Å². The van der Waals surface area contributed by atoms with Crippen LogP contribution in [0.1, 0.15) is 0 Å². The van der Waals surface area contributed by atoms with Crippen molar-refractivity contribution in [1.29, 1.82) is 0 Å². The zero-order chi connectivity index (χ0) is 26.5. The molecule has 188 valence electrons. The van der Waals surface area contributed by atoms with Crippen molar-refractivity contribution in [2.75, 3.05) is 4.90 Å². The highest BCUT2D eigenvalue weighted by Gasteiger charge is 2.18. The van der Waals surface area contributed by atoms with E-state index in [1.807, 2.05) is 24.3 Å². The van der Waals surface area contributed by atoms with E-state index in [2.05, 4.69) is 126 Å². The Morgan fingerprint density at radius 3 is 1.98 bits per heavy atom. The molecule has 0 unspecified atom stereocenters. The second-order valence-corrected chi connectivity index (χ2v) is 10.1. The lowest BCUT2D eigenvalue weighted by Gasteiger charge is -2.24. The lowest BCUT2D eigenvalue weighted by Crippen LogP contribution is -2.11. The summed E-state index contributed by atoms with van der Waals surface area (Å²) in [6.07, 6.45) is 0. The molecule has 0 aliphatic rings. The van der Waals surface area contributed by atoms with Gasteiger partial charge in [-0.1, -0.05) is 97.1 Å². The second kappa shape index (κ2) is 9.11. The fourth-order valence-electron chi connectivity index (χ4n) is 5.68. The molecule has 3 heteroatoms. The maximum atomic E-state index is 6.22. The third kappa shape index (κ3) is 3.71. The Labute approximate surface area is 231 Å². The molecule has 0 atom stereocenters. The normalized spacial score (nSPS) is 11.5. The van der Waals surface area contributed by atoms with Crippen molar-refractivity contribution in [2.45, 2.75) is 0 Å². The number of fused-ring (bicyclic) bond motifs is 6. The SMILES string of the molecule is c1ccc(N(c2ccc(-c3ccc4ccccc4c3)cc2)c2ccc3oc4ccc5ccccc5c4c3n2)cc1. The summed E-state index contributed by atoms with van der Waals surface area (Å²) in [4.78, 5) is 7.42. The number of para-hydroxylation sites is 1. The van der Waals surface area contributed by atoms with Crippen LogP contribution in [0.4, 0.5) is 17.2 Å². The van der Waals surface area contributed by atoms with E-state index in [0.29, 0.717) is 0 Å². The van der Waals surface area contributed by atoms with Crippen LogP contribution in [0, 0.1) is 0 Å². The predicted octanol–water partition coefficient (Wildman–Crippen LogP) is 10.4. The van der Waals surface area contributed by atoms with Gasteiger partial charge in [0.05, 0.1) is 5.39 Å². The minimum Gasteiger partial charge on any atom is -0.454 e. The molecule has 0 radical (unpaired) electrons. The summed E-state index contributed by atoms with van der Waals surface area (Å²) in [5, 5.41) is 5.87. The molecule has 0 fully saturated rings. The average Bonchev–Trinajstić information content (AvgIpc) is 3.40. The maximum absolute atomic E-state index is 6.22. The zero-order valence-corrected chi connectivity index (χ0v) is 21.7. The van der Waals surface area contributed by atoms with E-state index in [4.69, 9.17) is 9.40 Å². The highest BCUT2D eigenvalue weighted by atomic mass is 16.3. The number of hydrogen-bond donors (Lipinski definition) is 0. The number of hydrogen-bond acceptors (Lipinski definition) is 3. The molecular weight excluding hydrogens is 488 g/mol. The van der Waals surface area contributed by atoms with Gasteiger partial charge in [0.2, 0.25) is 0 Å². The van der Waals surface area contributed by atoms with E-state index < -0.39 is 0 Å². The fraction of sp³-hybridized carbons (Fsp3) is 0. The number of aromatic nitrogens is 1. The average molecular weight is 513 g/mol. The number of nitrogens with zero attached hydrogens (tertiary/aromatic N) is 2. The summed E-state index contributed by atoms with van der Waals surface area (Å²) in [5.41, 5.74) is 6.98. The smallest absolute Gasteiger partial charge is 0.154 e. The first-order valence-electron chi connectivity index (χ1n) is 13.5. The Bertz CT molecular complexity index is 2160. The lowest BCUT2D eigenvalue weighted by atomic mass is 10.0. The Hall–Kier alpha value is -5.41. The van der Waals surface area contributed by atoms with Crippen molar-refractivity contribution >= 4 is 60.8 Å². The molecule has 3 nitrogen and oxygen atoms in total. The van der Waals surface area contributed by atoms with Gasteiger partial charge in [0, 0.05) is 11.4 Å². The third-order valence-electron chi connectivity index (χ3n) is 7.64. The molecule has 0 saturated heterocycles. The summed E-state index contributed by atoms with van der Waals surface area (Å²) in [6, 6.07) is 50.8. The number of pyridine rings is 1. The summed E-state index contributed by atoms with van der Waals surface area (Å²) in [6.45, 7) is 0. The van der Waals surface area contributed by atoms with Crippen molar-refractivity contribution in [1.82, 2.24) is 4.98 Å². The molecular formula is C37H24N2O. The first-order chi connectivity index (χ1) is 19.8. The lowest BCUT2D eigenvalue weighted by molar-refractivity contribution is 0.668. The van der Waals surface area contributed by atoms with E-state index in [9.17, 15) is 0 Å². The van der Waals surface area contributed by atoms with E-state index >= 15 is 0 Å². The van der Waals surface area contributed by atoms with Crippen molar-refractivity contribution in [3.8, 4) is 11.1 Å². The first-order valence-corrected chi connectivity index (χ1v) is 13.5. The molecule has 8 aromatic rings. The van der Waals surface area contributed by atoms with Crippen molar-refractivity contribution in [3.63, 3.8) is 0 Å². The Kier molecular flexibility index (Phi) is 5.14. The van der Waals surface area contributed by atoms with E-state index in [1.165, 1.54) is 27.3 Å². The van der Waals surface area contributed by atoms with E-state index in [0.717, 1.165) is 44.6 Å². The quantitative estimate of drug-likeness (QED) is 0.235. The number of rotatable bonds is 4. The fourth-order valence-corrected chi connectivity index (χ4v) is 5.68. The van der Waals surface area contributed by atoms with Crippen LogP contribution in [0.3, 0.4) is 0 Å². The molecule has 0 saturated carbocycles. The van der Waals surface area contributed by atoms with Gasteiger partial charge in [-0.2, -0.15) is 0 Å². The van der Waals surface area contributed by atoms with Crippen LogP contribution in [-0.2, 0) is 0 Å². The molecule has 2 aromatic heterocycles.